The van der Waals surface area contributed by atoms with Crippen molar-refractivity contribution in [3.63, 3.8) is 0 Å². The van der Waals surface area contributed by atoms with Crippen molar-refractivity contribution in [2.45, 2.75) is 84.2 Å². The van der Waals surface area contributed by atoms with Gasteiger partial charge in [-0.1, -0.05) is 65.6 Å². The summed E-state index contributed by atoms with van der Waals surface area (Å²) in [5.41, 5.74) is -0.0289. The van der Waals surface area contributed by atoms with E-state index in [0.29, 0.717) is 6.61 Å². The molecule has 5 heteroatoms. The average Bonchev–Trinajstić information content (AvgIpc) is 2.48. The largest absolute Gasteiger partial charge is 0.463 e. The van der Waals surface area contributed by atoms with E-state index in [2.05, 4.69) is 26.6 Å². The molecule has 1 atom stereocenters. The minimum atomic E-state index is -1.54. The number of rotatable bonds is 12. The lowest BCUT2D eigenvalue weighted by Crippen LogP contribution is -2.41. The molecule has 0 radical (unpaired) electrons. The van der Waals surface area contributed by atoms with Crippen molar-refractivity contribution in [3.8, 4) is 0 Å². The van der Waals surface area contributed by atoms with Crippen molar-refractivity contribution in [2.75, 3.05) is 6.61 Å². The van der Waals surface area contributed by atoms with Crippen LogP contribution in [0.4, 0.5) is 0 Å². The quantitative estimate of drug-likeness (QED) is 0.224. The lowest BCUT2D eigenvalue weighted by atomic mass is 10.1. The molecule has 0 bridgehead atoms. The Kier molecular flexibility index (Phi) is 11.7. The number of unbranched alkanes of at least 4 members (excludes halogenated alkanes) is 5. The molecule has 0 fully saturated rings. The molecule has 0 spiro atoms. The van der Waals surface area contributed by atoms with Gasteiger partial charge in [0.05, 0.1) is 20.4 Å². The third kappa shape index (κ3) is 12.0. The normalized spacial score (nSPS) is 13.1. The average molecular weight is 343 g/mol. The van der Waals surface area contributed by atoms with Crippen LogP contribution < -0.4 is 0 Å². The van der Waals surface area contributed by atoms with Gasteiger partial charge >= 0.3 is 11.9 Å². The van der Waals surface area contributed by atoms with Crippen molar-refractivity contribution in [1.29, 1.82) is 0 Å². The first-order valence-corrected chi connectivity index (χ1v) is 12.4. The predicted molar refractivity (Wildman–Crippen MR) is 97.0 cm³/mol. The molecule has 134 valence electrons. The molecule has 23 heavy (non-hydrogen) atoms. The lowest BCUT2D eigenvalue weighted by molar-refractivity contribution is -0.141. The molecule has 0 heterocycles. The molecule has 0 N–H and O–H groups in total. The summed E-state index contributed by atoms with van der Waals surface area (Å²) in [6, 6.07) is 0. The van der Waals surface area contributed by atoms with E-state index >= 15 is 0 Å². The van der Waals surface area contributed by atoms with Gasteiger partial charge in [-0.05, 0) is 12.8 Å². The van der Waals surface area contributed by atoms with Crippen molar-refractivity contribution in [3.05, 3.63) is 12.2 Å². The smallest absolute Gasteiger partial charge is 0.331 e. The van der Waals surface area contributed by atoms with Crippen LogP contribution in [0.1, 0.15) is 58.8 Å². The summed E-state index contributed by atoms with van der Waals surface area (Å²) in [5, 5.41) is 0. The molecule has 0 amide bonds. The molecule has 0 aromatic heterocycles. The predicted octanol–water partition coefficient (Wildman–Crippen LogP) is 4.65. The van der Waals surface area contributed by atoms with Gasteiger partial charge in [0.15, 0.2) is 0 Å². The first kappa shape index (κ1) is 21.9. The van der Waals surface area contributed by atoms with Gasteiger partial charge in [-0.25, -0.2) is 9.59 Å². The second-order valence-electron chi connectivity index (χ2n) is 6.97. The highest BCUT2D eigenvalue weighted by Gasteiger charge is 2.28. The molecule has 1 unspecified atom stereocenters. The van der Waals surface area contributed by atoms with Crippen LogP contribution in [0.25, 0.3) is 0 Å². The van der Waals surface area contributed by atoms with E-state index in [4.69, 9.17) is 9.47 Å². The van der Waals surface area contributed by atoms with Crippen molar-refractivity contribution < 1.29 is 19.1 Å². The zero-order chi connectivity index (χ0) is 17.7. The van der Waals surface area contributed by atoms with Crippen LogP contribution in [0, 0.1) is 0 Å². The van der Waals surface area contributed by atoms with Crippen LogP contribution in [0.3, 0.4) is 0 Å². The molecule has 0 aliphatic heterocycles. The van der Waals surface area contributed by atoms with Gasteiger partial charge in [-0.15, -0.1) is 0 Å². The number of esters is 2. The Morgan fingerprint density at radius 3 is 2.04 bits per heavy atom. The van der Waals surface area contributed by atoms with Crippen LogP contribution in [-0.2, 0) is 19.1 Å². The Hall–Kier alpha value is -1.10. The van der Waals surface area contributed by atoms with Gasteiger partial charge in [0.2, 0.25) is 0 Å². The summed E-state index contributed by atoms with van der Waals surface area (Å²) in [7, 11) is -1.54. The van der Waals surface area contributed by atoms with E-state index in [0.717, 1.165) is 25.3 Å². The van der Waals surface area contributed by atoms with E-state index in [-0.39, 0.29) is 5.73 Å². The second kappa shape index (κ2) is 12.3. The van der Waals surface area contributed by atoms with Crippen LogP contribution in [-0.4, -0.2) is 32.3 Å². The number of hydrogen-bond donors (Lipinski definition) is 0. The van der Waals surface area contributed by atoms with E-state index in [1.165, 1.54) is 31.8 Å². The summed E-state index contributed by atoms with van der Waals surface area (Å²) < 4.78 is 10.5. The standard InChI is InChI=1S/C18H34O4Si/c1-6-8-9-10-11-12-15-21-16(19)13-14-17(20)22-18(7-2)23(3,4)5/h13-14,18H,6-12,15H2,1-5H3/b14-13+. The maximum atomic E-state index is 11.7. The minimum absolute atomic E-state index is 0.0289. The Morgan fingerprint density at radius 2 is 1.48 bits per heavy atom. The SMILES string of the molecule is CCCCCCCCOC(=O)/C=C/C(=O)OC(CC)[Si](C)(C)C. The Morgan fingerprint density at radius 1 is 0.913 bits per heavy atom. The van der Waals surface area contributed by atoms with Crippen LogP contribution in [0.2, 0.25) is 19.6 Å². The number of carbonyl (C=O) groups is 2. The highest BCUT2D eigenvalue weighted by molar-refractivity contribution is 6.77. The fourth-order valence-electron chi connectivity index (χ4n) is 2.29. The summed E-state index contributed by atoms with van der Waals surface area (Å²) >= 11 is 0. The Bertz CT molecular complexity index is 372. The summed E-state index contributed by atoms with van der Waals surface area (Å²) in [6.45, 7) is 11.1. The Labute approximate surface area is 142 Å². The van der Waals surface area contributed by atoms with E-state index in [9.17, 15) is 9.59 Å². The van der Waals surface area contributed by atoms with Gasteiger partial charge in [0, 0.05) is 12.2 Å². The van der Waals surface area contributed by atoms with Crippen molar-refractivity contribution in [2.24, 2.45) is 0 Å². The first-order chi connectivity index (χ1) is 10.8. The minimum Gasteiger partial charge on any atom is -0.463 e. The number of ether oxygens (including phenoxy) is 2. The highest BCUT2D eigenvalue weighted by Crippen LogP contribution is 2.15. The van der Waals surface area contributed by atoms with Crippen molar-refractivity contribution >= 4 is 20.0 Å². The van der Waals surface area contributed by atoms with Gasteiger partial charge in [0.1, 0.15) is 0 Å². The summed E-state index contributed by atoms with van der Waals surface area (Å²) in [5.74, 6) is -0.938. The van der Waals surface area contributed by atoms with E-state index in [1.807, 2.05) is 6.92 Å². The van der Waals surface area contributed by atoms with Crippen LogP contribution >= 0.6 is 0 Å². The van der Waals surface area contributed by atoms with Gasteiger partial charge in [-0.3, -0.25) is 0 Å². The molecule has 0 saturated carbocycles. The van der Waals surface area contributed by atoms with Crippen LogP contribution in [0.15, 0.2) is 12.2 Å². The lowest BCUT2D eigenvalue weighted by Gasteiger charge is -2.26. The second-order valence-corrected chi connectivity index (χ2v) is 12.3. The maximum Gasteiger partial charge on any atom is 0.331 e. The topological polar surface area (TPSA) is 52.6 Å². The molecule has 0 saturated heterocycles. The fraction of sp³-hybridized carbons (Fsp3) is 0.778. The van der Waals surface area contributed by atoms with E-state index in [1.54, 1.807) is 0 Å². The zero-order valence-corrected chi connectivity index (χ0v) is 16.5. The molecule has 0 aromatic rings. The monoisotopic (exact) mass is 342 g/mol. The highest BCUT2D eigenvalue weighted by atomic mass is 28.3. The fourth-order valence-corrected chi connectivity index (χ4v) is 3.99. The number of carbonyl (C=O) groups excluding carboxylic acids is 2. The summed E-state index contributed by atoms with van der Waals surface area (Å²) in [6.07, 6.45) is 10.0. The molecule has 0 aliphatic rings. The van der Waals surface area contributed by atoms with Gasteiger partial charge in [0.25, 0.3) is 0 Å². The van der Waals surface area contributed by atoms with E-state index < -0.39 is 20.0 Å². The third-order valence-corrected chi connectivity index (χ3v) is 6.15. The third-order valence-electron chi connectivity index (χ3n) is 3.69. The zero-order valence-electron chi connectivity index (χ0n) is 15.5. The first-order valence-electron chi connectivity index (χ1n) is 8.86. The van der Waals surface area contributed by atoms with Gasteiger partial charge in [-0.2, -0.15) is 0 Å². The number of hydrogen-bond acceptors (Lipinski definition) is 4. The Balaban J connectivity index is 3.92. The molecular formula is C18H34O4Si. The summed E-state index contributed by atoms with van der Waals surface area (Å²) in [4.78, 5) is 23.3. The molecule has 4 nitrogen and oxygen atoms in total. The maximum absolute atomic E-state index is 11.7. The molecule has 0 rings (SSSR count). The molecule has 0 aromatic carbocycles. The van der Waals surface area contributed by atoms with Crippen LogP contribution in [0.5, 0.6) is 0 Å². The molecule has 0 aliphatic carbocycles. The van der Waals surface area contributed by atoms with Crippen molar-refractivity contribution in [1.82, 2.24) is 0 Å². The van der Waals surface area contributed by atoms with Gasteiger partial charge < -0.3 is 9.47 Å². The molecular weight excluding hydrogens is 308 g/mol.